The van der Waals surface area contributed by atoms with E-state index in [0.717, 1.165) is 12.1 Å². The van der Waals surface area contributed by atoms with Crippen LogP contribution in [0, 0.1) is 6.92 Å². The molecule has 0 bridgehead atoms. The molecule has 13 heavy (non-hydrogen) atoms. The van der Waals surface area contributed by atoms with Crippen LogP contribution in [0.2, 0.25) is 0 Å². The number of hydrogen-bond acceptors (Lipinski definition) is 1. The highest BCUT2D eigenvalue weighted by Crippen LogP contribution is 2.26. The Hall–Kier alpha value is -1.37. The summed E-state index contributed by atoms with van der Waals surface area (Å²) >= 11 is 0. The Morgan fingerprint density at radius 2 is 2.00 bits per heavy atom. The molecule has 1 aliphatic rings. The van der Waals surface area contributed by atoms with Gasteiger partial charge in [0.2, 0.25) is 0 Å². The molecule has 0 unspecified atom stereocenters. The first-order chi connectivity index (χ1) is 6.25. The molecule has 0 N–H and O–H groups in total. The lowest BCUT2D eigenvalue weighted by Gasteiger charge is -2.02. The van der Waals surface area contributed by atoms with E-state index < -0.39 is 0 Å². The van der Waals surface area contributed by atoms with E-state index in [-0.39, 0.29) is 0 Å². The maximum Gasteiger partial charge on any atom is 0.0373 e. The summed E-state index contributed by atoms with van der Waals surface area (Å²) in [5.41, 5.74) is 5.13. The lowest BCUT2D eigenvalue weighted by molar-refractivity contribution is 1.18. The third-order valence-corrected chi connectivity index (χ3v) is 2.32. The predicted octanol–water partition coefficient (Wildman–Crippen LogP) is 3.12. The van der Waals surface area contributed by atoms with Crippen molar-refractivity contribution >= 4 is 5.57 Å². The van der Waals surface area contributed by atoms with Gasteiger partial charge in [-0.2, -0.15) is 0 Å². The summed E-state index contributed by atoms with van der Waals surface area (Å²) < 4.78 is 0. The van der Waals surface area contributed by atoms with E-state index in [1.807, 2.05) is 13.1 Å². The van der Waals surface area contributed by atoms with E-state index in [9.17, 15) is 0 Å². The number of hydrogen-bond donors (Lipinski definition) is 0. The van der Waals surface area contributed by atoms with Crippen LogP contribution >= 0.6 is 0 Å². The van der Waals surface area contributed by atoms with Crippen LogP contribution in [0.1, 0.15) is 24.6 Å². The first-order valence-electron chi connectivity index (χ1n) is 4.55. The smallest absolute Gasteiger partial charge is 0.0373 e. The minimum absolute atomic E-state index is 1.07. The van der Waals surface area contributed by atoms with E-state index in [1.54, 1.807) is 0 Å². The highest BCUT2D eigenvalue weighted by atomic mass is 14.7. The van der Waals surface area contributed by atoms with Gasteiger partial charge in [0, 0.05) is 11.9 Å². The molecule has 66 valence electrons. The van der Waals surface area contributed by atoms with E-state index >= 15 is 0 Å². The second kappa shape index (κ2) is 3.17. The van der Waals surface area contributed by atoms with Crippen LogP contribution < -0.4 is 0 Å². The van der Waals surface area contributed by atoms with E-state index in [4.69, 9.17) is 0 Å². The third kappa shape index (κ3) is 1.69. The largest absolute Gasteiger partial charge is 0.261 e. The Kier molecular flexibility index (Phi) is 2.01. The van der Waals surface area contributed by atoms with Gasteiger partial charge < -0.3 is 0 Å². The average Bonchev–Trinajstić information content (AvgIpc) is 2.53. The number of aromatic nitrogens is 1. The molecular formula is C12H13N. The van der Waals surface area contributed by atoms with Crippen molar-refractivity contribution in [3.05, 3.63) is 47.3 Å². The molecule has 1 aromatic rings. The molecule has 2 rings (SSSR count). The number of aryl methyl sites for hydroxylation is 1. The molecule has 0 spiro atoms. The summed E-state index contributed by atoms with van der Waals surface area (Å²) in [6, 6.07) is 4.20. The van der Waals surface area contributed by atoms with Crippen LogP contribution in [-0.2, 0) is 0 Å². The van der Waals surface area contributed by atoms with Gasteiger partial charge in [-0.15, -0.1) is 0 Å². The van der Waals surface area contributed by atoms with Gasteiger partial charge in [-0.1, -0.05) is 23.8 Å². The van der Waals surface area contributed by atoms with Crippen LogP contribution in [0.15, 0.2) is 36.1 Å². The molecule has 1 aliphatic carbocycles. The fourth-order valence-electron chi connectivity index (χ4n) is 1.52. The number of nitrogens with zero attached hydrogens (tertiary/aromatic N) is 1. The quantitative estimate of drug-likeness (QED) is 0.632. The van der Waals surface area contributed by atoms with Crippen molar-refractivity contribution in [1.82, 2.24) is 4.98 Å². The van der Waals surface area contributed by atoms with Crippen LogP contribution in [-0.4, -0.2) is 4.98 Å². The van der Waals surface area contributed by atoms with Crippen molar-refractivity contribution in [2.75, 3.05) is 0 Å². The zero-order chi connectivity index (χ0) is 9.26. The van der Waals surface area contributed by atoms with Crippen molar-refractivity contribution in [1.29, 1.82) is 0 Å². The zero-order valence-corrected chi connectivity index (χ0v) is 8.04. The lowest BCUT2D eigenvalue weighted by atomic mass is 10.1. The maximum atomic E-state index is 4.28. The summed E-state index contributed by atoms with van der Waals surface area (Å²) in [6.07, 6.45) is 7.38. The van der Waals surface area contributed by atoms with E-state index in [2.05, 4.69) is 36.2 Å². The average molecular weight is 171 g/mol. The molecule has 0 aliphatic heterocycles. The number of pyridine rings is 1. The SMILES string of the molecule is CC1=CC=C(c2ccc(C)nc2)C1. The summed E-state index contributed by atoms with van der Waals surface area (Å²) in [4.78, 5) is 4.28. The van der Waals surface area contributed by atoms with E-state index in [1.165, 1.54) is 16.7 Å². The zero-order valence-electron chi connectivity index (χ0n) is 8.04. The molecule has 0 saturated heterocycles. The van der Waals surface area contributed by atoms with Crippen molar-refractivity contribution in [3.8, 4) is 0 Å². The first kappa shape index (κ1) is 8.24. The molecule has 1 heterocycles. The molecule has 0 amide bonds. The summed E-state index contributed by atoms with van der Waals surface area (Å²) in [5, 5.41) is 0. The van der Waals surface area contributed by atoms with Crippen LogP contribution in [0.5, 0.6) is 0 Å². The molecule has 0 saturated carbocycles. The minimum atomic E-state index is 1.07. The second-order valence-electron chi connectivity index (χ2n) is 3.57. The van der Waals surface area contributed by atoms with Gasteiger partial charge in [0.25, 0.3) is 0 Å². The number of rotatable bonds is 1. The van der Waals surface area contributed by atoms with Gasteiger partial charge in [-0.25, -0.2) is 0 Å². The molecule has 0 radical (unpaired) electrons. The van der Waals surface area contributed by atoms with E-state index in [0.29, 0.717) is 0 Å². The molecule has 1 heteroatoms. The Morgan fingerprint density at radius 3 is 2.54 bits per heavy atom. The fourth-order valence-corrected chi connectivity index (χ4v) is 1.52. The Morgan fingerprint density at radius 1 is 1.15 bits per heavy atom. The highest BCUT2D eigenvalue weighted by Gasteiger charge is 2.06. The summed E-state index contributed by atoms with van der Waals surface area (Å²) in [6.45, 7) is 4.17. The molecule has 0 fully saturated rings. The second-order valence-corrected chi connectivity index (χ2v) is 3.57. The minimum Gasteiger partial charge on any atom is -0.261 e. The summed E-state index contributed by atoms with van der Waals surface area (Å²) in [5.74, 6) is 0. The molecular weight excluding hydrogens is 158 g/mol. The molecule has 1 aromatic heterocycles. The molecule has 1 nitrogen and oxygen atoms in total. The first-order valence-corrected chi connectivity index (χ1v) is 4.55. The van der Waals surface area contributed by atoms with Crippen molar-refractivity contribution in [3.63, 3.8) is 0 Å². The Labute approximate surface area is 78.8 Å². The van der Waals surface area contributed by atoms with Gasteiger partial charge in [0.15, 0.2) is 0 Å². The van der Waals surface area contributed by atoms with Gasteiger partial charge in [-0.05, 0) is 37.5 Å². The van der Waals surface area contributed by atoms with Gasteiger partial charge in [0.05, 0.1) is 0 Å². The highest BCUT2D eigenvalue weighted by molar-refractivity contribution is 5.71. The monoisotopic (exact) mass is 171 g/mol. The van der Waals surface area contributed by atoms with Crippen LogP contribution in [0.3, 0.4) is 0 Å². The van der Waals surface area contributed by atoms with Crippen molar-refractivity contribution < 1.29 is 0 Å². The van der Waals surface area contributed by atoms with Crippen molar-refractivity contribution in [2.24, 2.45) is 0 Å². The van der Waals surface area contributed by atoms with Gasteiger partial charge >= 0.3 is 0 Å². The Bertz CT molecular complexity index is 369. The molecule has 0 aromatic carbocycles. The van der Waals surface area contributed by atoms with Crippen LogP contribution in [0.25, 0.3) is 5.57 Å². The molecule has 0 atom stereocenters. The lowest BCUT2D eigenvalue weighted by Crippen LogP contribution is -1.85. The van der Waals surface area contributed by atoms with Crippen molar-refractivity contribution in [2.45, 2.75) is 20.3 Å². The standard InChI is InChI=1S/C12H13N/c1-9-3-5-11(7-9)12-6-4-10(2)13-8-12/h3-6,8H,7H2,1-2H3. The van der Waals surface area contributed by atoms with Crippen LogP contribution in [0.4, 0.5) is 0 Å². The number of allylic oxidation sites excluding steroid dienone is 4. The normalized spacial score (nSPS) is 15.5. The predicted molar refractivity (Wildman–Crippen MR) is 55.3 cm³/mol. The van der Waals surface area contributed by atoms with Gasteiger partial charge in [0.1, 0.15) is 0 Å². The van der Waals surface area contributed by atoms with Gasteiger partial charge in [-0.3, -0.25) is 4.98 Å². The topological polar surface area (TPSA) is 12.9 Å². The summed E-state index contributed by atoms with van der Waals surface area (Å²) in [7, 11) is 0. The Balaban J connectivity index is 2.24. The third-order valence-electron chi connectivity index (χ3n) is 2.32. The fraction of sp³-hybridized carbons (Fsp3) is 0.250. The maximum absolute atomic E-state index is 4.28.